The first-order valence-electron chi connectivity index (χ1n) is 6.39. The van der Waals surface area contributed by atoms with E-state index >= 15 is 0 Å². The molecule has 0 saturated carbocycles. The molecule has 0 N–H and O–H groups in total. The van der Waals surface area contributed by atoms with E-state index in [0.717, 1.165) is 25.2 Å². The standard InChI is InChI=1S/C14H16BrNOS/c15-11(10-4-3-7-17-9-10)8-14-16-12-5-1-2-6-13(12)18-14/h1-2,5-6,10-11H,3-4,7-9H2. The molecule has 2 nitrogen and oxygen atoms in total. The number of rotatable bonds is 3. The molecule has 1 aromatic heterocycles. The van der Waals surface area contributed by atoms with Crippen LogP contribution in [-0.4, -0.2) is 23.0 Å². The Labute approximate surface area is 120 Å². The summed E-state index contributed by atoms with van der Waals surface area (Å²) in [5, 5.41) is 1.23. The van der Waals surface area contributed by atoms with E-state index in [1.165, 1.54) is 22.5 Å². The van der Waals surface area contributed by atoms with Crippen molar-refractivity contribution < 1.29 is 4.74 Å². The number of benzene rings is 1. The van der Waals surface area contributed by atoms with E-state index < -0.39 is 0 Å². The summed E-state index contributed by atoms with van der Waals surface area (Å²) in [5.41, 5.74) is 1.12. The van der Waals surface area contributed by atoms with Gasteiger partial charge in [-0.05, 0) is 30.9 Å². The Morgan fingerprint density at radius 1 is 1.44 bits per heavy atom. The minimum atomic E-state index is 0.485. The quantitative estimate of drug-likeness (QED) is 0.795. The predicted octanol–water partition coefficient (Wildman–Crippen LogP) is 4.03. The number of hydrogen-bond acceptors (Lipinski definition) is 3. The molecule has 1 fully saturated rings. The van der Waals surface area contributed by atoms with Crippen LogP contribution in [0, 0.1) is 5.92 Å². The average molecular weight is 326 g/mol. The molecule has 0 bridgehead atoms. The van der Waals surface area contributed by atoms with Crippen LogP contribution in [0.4, 0.5) is 0 Å². The van der Waals surface area contributed by atoms with Gasteiger partial charge in [-0.15, -0.1) is 11.3 Å². The summed E-state index contributed by atoms with van der Waals surface area (Å²) in [6.45, 7) is 1.82. The van der Waals surface area contributed by atoms with Crippen molar-refractivity contribution in [2.45, 2.75) is 24.1 Å². The fraction of sp³-hybridized carbons (Fsp3) is 0.500. The zero-order chi connectivity index (χ0) is 12.4. The first-order chi connectivity index (χ1) is 8.83. The van der Waals surface area contributed by atoms with E-state index in [4.69, 9.17) is 9.72 Å². The molecule has 2 aromatic rings. The van der Waals surface area contributed by atoms with Crippen LogP contribution in [0.2, 0.25) is 0 Å². The molecule has 0 spiro atoms. The topological polar surface area (TPSA) is 22.1 Å². The highest BCUT2D eigenvalue weighted by molar-refractivity contribution is 9.09. The van der Waals surface area contributed by atoms with Gasteiger partial charge in [0.05, 0.1) is 21.8 Å². The molecule has 1 aliphatic rings. The molecule has 3 rings (SSSR count). The van der Waals surface area contributed by atoms with Crippen molar-refractivity contribution in [1.82, 2.24) is 4.98 Å². The Bertz CT molecular complexity index is 488. The molecule has 0 aliphatic carbocycles. The minimum absolute atomic E-state index is 0.485. The summed E-state index contributed by atoms with van der Waals surface area (Å²) >= 11 is 5.63. The SMILES string of the molecule is BrC(Cc1nc2ccccc2s1)C1CCCOC1. The number of para-hydroxylation sites is 1. The van der Waals surface area contributed by atoms with Crippen LogP contribution in [0.1, 0.15) is 17.8 Å². The molecule has 1 aromatic carbocycles. The van der Waals surface area contributed by atoms with Crippen molar-refractivity contribution in [2.75, 3.05) is 13.2 Å². The van der Waals surface area contributed by atoms with Crippen molar-refractivity contribution in [3.8, 4) is 0 Å². The molecule has 2 unspecified atom stereocenters. The number of hydrogen-bond donors (Lipinski definition) is 0. The first kappa shape index (κ1) is 12.6. The normalized spacial score (nSPS) is 22.2. The maximum Gasteiger partial charge on any atom is 0.0949 e. The van der Waals surface area contributed by atoms with Crippen LogP contribution in [0.3, 0.4) is 0 Å². The lowest BCUT2D eigenvalue weighted by Crippen LogP contribution is -2.26. The Morgan fingerprint density at radius 3 is 3.11 bits per heavy atom. The third kappa shape index (κ3) is 2.76. The van der Waals surface area contributed by atoms with Gasteiger partial charge in [0.25, 0.3) is 0 Å². The summed E-state index contributed by atoms with van der Waals surface area (Å²) in [5.74, 6) is 0.630. The van der Waals surface area contributed by atoms with Gasteiger partial charge in [0.1, 0.15) is 0 Å². The number of ether oxygens (including phenoxy) is 1. The molecular formula is C14H16BrNOS. The largest absolute Gasteiger partial charge is 0.381 e. The fourth-order valence-electron chi connectivity index (χ4n) is 2.39. The molecule has 18 heavy (non-hydrogen) atoms. The number of alkyl halides is 1. The van der Waals surface area contributed by atoms with Gasteiger partial charge in [0.2, 0.25) is 0 Å². The van der Waals surface area contributed by atoms with Crippen LogP contribution in [0.15, 0.2) is 24.3 Å². The zero-order valence-electron chi connectivity index (χ0n) is 10.1. The van der Waals surface area contributed by atoms with Gasteiger partial charge in [-0.3, -0.25) is 0 Å². The summed E-state index contributed by atoms with van der Waals surface area (Å²) in [4.78, 5) is 5.18. The van der Waals surface area contributed by atoms with E-state index in [1.807, 2.05) is 17.4 Å². The minimum Gasteiger partial charge on any atom is -0.381 e. The van der Waals surface area contributed by atoms with E-state index in [1.54, 1.807) is 0 Å². The highest BCUT2D eigenvalue weighted by Gasteiger charge is 2.23. The first-order valence-corrected chi connectivity index (χ1v) is 8.12. The lowest BCUT2D eigenvalue weighted by atomic mass is 9.97. The van der Waals surface area contributed by atoms with Crippen molar-refractivity contribution in [3.63, 3.8) is 0 Å². The fourth-order valence-corrected chi connectivity index (χ4v) is 4.36. The van der Waals surface area contributed by atoms with E-state index in [0.29, 0.717) is 10.7 Å². The number of fused-ring (bicyclic) bond motifs is 1. The Kier molecular flexibility index (Phi) is 3.97. The van der Waals surface area contributed by atoms with Gasteiger partial charge in [0, 0.05) is 17.9 Å². The Morgan fingerprint density at radius 2 is 2.33 bits per heavy atom. The van der Waals surface area contributed by atoms with Gasteiger partial charge >= 0.3 is 0 Å². The van der Waals surface area contributed by atoms with Gasteiger partial charge in [-0.1, -0.05) is 28.1 Å². The Balaban J connectivity index is 1.71. The van der Waals surface area contributed by atoms with E-state index in [-0.39, 0.29) is 0 Å². The molecule has 2 atom stereocenters. The van der Waals surface area contributed by atoms with E-state index in [9.17, 15) is 0 Å². The third-order valence-corrected chi connectivity index (χ3v) is 5.54. The number of nitrogens with zero attached hydrogens (tertiary/aromatic N) is 1. The Hall–Kier alpha value is -0.450. The molecule has 96 valence electrons. The van der Waals surface area contributed by atoms with Crippen molar-refractivity contribution in [2.24, 2.45) is 5.92 Å². The molecule has 0 radical (unpaired) electrons. The second-order valence-electron chi connectivity index (χ2n) is 4.77. The van der Waals surface area contributed by atoms with Gasteiger partial charge < -0.3 is 4.74 Å². The molecule has 1 aliphatic heterocycles. The maximum absolute atomic E-state index is 5.55. The zero-order valence-corrected chi connectivity index (χ0v) is 12.5. The highest BCUT2D eigenvalue weighted by atomic mass is 79.9. The monoisotopic (exact) mass is 325 g/mol. The predicted molar refractivity (Wildman–Crippen MR) is 79.6 cm³/mol. The molecule has 0 amide bonds. The highest BCUT2D eigenvalue weighted by Crippen LogP contribution is 2.29. The van der Waals surface area contributed by atoms with Crippen LogP contribution >= 0.6 is 27.3 Å². The van der Waals surface area contributed by atoms with Crippen LogP contribution in [0.25, 0.3) is 10.2 Å². The van der Waals surface area contributed by atoms with Crippen molar-refractivity contribution in [3.05, 3.63) is 29.3 Å². The lowest BCUT2D eigenvalue weighted by Gasteiger charge is -2.25. The second kappa shape index (κ2) is 5.68. The third-order valence-electron chi connectivity index (χ3n) is 3.41. The lowest BCUT2D eigenvalue weighted by molar-refractivity contribution is 0.0547. The van der Waals surface area contributed by atoms with Crippen LogP contribution in [0.5, 0.6) is 0 Å². The van der Waals surface area contributed by atoms with Gasteiger partial charge in [-0.2, -0.15) is 0 Å². The van der Waals surface area contributed by atoms with Crippen LogP contribution in [-0.2, 0) is 11.2 Å². The smallest absolute Gasteiger partial charge is 0.0949 e. The molecular weight excluding hydrogens is 310 g/mol. The van der Waals surface area contributed by atoms with E-state index in [2.05, 4.69) is 34.1 Å². The molecule has 1 saturated heterocycles. The number of halogens is 1. The number of thiazole rings is 1. The van der Waals surface area contributed by atoms with Crippen molar-refractivity contribution in [1.29, 1.82) is 0 Å². The van der Waals surface area contributed by atoms with Crippen LogP contribution < -0.4 is 0 Å². The van der Waals surface area contributed by atoms with Gasteiger partial charge in [0.15, 0.2) is 0 Å². The van der Waals surface area contributed by atoms with Crippen molar-refractivity contribution >= 4 is 37.5 Å². The summed E-state index contributed by atoms with van der Waals surface area (Å²) in [6.07, 6.45) is 3.46. The van der Waals surface area contributed by atoms with Gasteiger partial charge in [-0.25, -0.2) is 4.98 Å². The number of aromatic nitrogens is 1. The molecule has 4 heteroatoms. The summed E-state index contributed by atoms with van der Waals surface area (Å²) in [6, 6.07) is 8.35. The molecule has 2 heterocycles. The summed E-state index contributed by atoms with van der Waals surface area (Å²) < 4.78 is 6.84. The summed E-state index contributed by atoms with van der Waals surface area (Å²) in [7, 11) is 0. The maximum atomic E-state index is 5.55. The average Bonchev–Trinajstić information content (AvgIpc) is 2.82. The second-order valence-corrected chi connectivity index (χ2v) is 7.06.